The number of anilines is 1. The number of fused-ring (bicyclic) bond motifs is 1. The monoisotopic (exact) mass is 349 g/mol. The molecule has 0 bridgehead atoms. The average molecular weight is 350 g/mol. The molecule has 1 aliphatic rings. The van der Waals surface area contributed by atoms with Crippen LogP contribution in [0.2, 0.25) is 0 Å². The molecular formula is C16H13BrFNO2. The molecule has 1 N–H and O–H groups in total. The fourth-order valence-corrected chi connectivity index (χ4v) is 2.66. The SMILES string of the molecule is O=C1Nc2ccccc2CCC1Oc1cc(Br)ccc1F. The third kappa shape index (κ3) is 3.08. The number of rotatable bonds is 2. The fourth-order valence-electron chi connectivity index (χ4n) is 2.32. The van der Waals surface area contributed by atoms with Crippen LogP contribution in [0.5, 0.6) is 5.75 Å². The lowest BCUT2D eigenvalue weighted by Crippen LogP contribution is -2.32. The van der Waals surface area contributed by atoms with Gasteiger partial charge in [0, 0.05) is 10.2 Å². The standard InChI is InChI=1S/C16H13BrFNO2/c17-11-6-7-12(18)15(9-11)21-14-8-5-10-3-1-2-4-13(10)19-16(14)20/h1-4,6-7,9,14H,5,8H2,(H,19,20). The molecule has 2 aromatic carbocycles. The van der Waals surface area contributed by atoms with Crippen LogP contribution < -0.4 is 10.1 Å². The number of halogens is 2. The van der Waals surface area contributed by atoms with Gasteiger partial charge in [-0.2, -0.15) is 0 Å². The Kier molecular flexibility index (Phi) is 3.92. The number of carbonyl (C=O) groups excluding carboxylic acids is 1. The van der Waals surface area contributed by atoms with Crippen molar-refractivity contribution in [3.8, 4) is 5.75 Å². The first kappa shape index (κ1) is 14.1. The van der Waals surface area contributed by atoms with Gasteiger partial charge in [-0.05, 0) is 42.7 Å². The minimum atomic E-state index is -0.707. The molecule has 0 saturated heterocycles. The molecule has 21 heavy (non-hydrogen) atoms. The highest BCUT2D eigenvalue weighted by atomic mass is 79.9. The number of carbonyl (C=O) groups is 1. The van der Waals surface area contributed by atoms with Crippen molar-refractivity contribution in [3.63, 3.8) is 0 Å². The van der Waals surface area contributed by atoms with Crippen molar-refractivity contribution in [1.29, 1.82) is 0 Å². The minimum absolute atomic E-state index is 0.0791. The molecule has 108 valence electrons. The minimum Gasteiger partial charge on any atom is -0.477 e. The second-order valence-electron chi connectivity index (χ2n) is 4.87. The van der Waals surface area contributed by atoms with Gasteiger partial charge in [0.05, 0.1) is 0 Å². The molecule has 3 nitrogen and oxygen atoms in total. The summed E-state index contributed by atoms with van der Waals surface area (Å²) < 4.78 is 20.0. The lowest BCUT2D eigenvalue weighted by atomic mass is 10.1. The summed E-state index contributed by atoms with van der Waals surface area (Å²) in [4.78, 5) is 12.2. The summed E-state index contributed by atoms with van der Waals surface area (Å²) in [6, 6.07) is 12.1. The summed E-state index contributed by atoms with van der Waals surface area (Å²) in [7, 11) is 0. The van der Waals surface area contributed by atoms with Gasteiger partial charge in [0.15, 0.2) is 17.7 Å². The molecule has 0 aromatic heterocycles. The first-order chi connectivity index (χ1) is 10.1. The summed E-state index contributed by atoms with van der Waals surface area (Å²) in [6.07, 6.45) is 0.505. The van der Waals surface area contributed by atoms with Crippen LogP contribution in [0.4, 0.5) is 10.1 Å². The summed E-state index contributed by atoms with van der Waals surface area (Å²) in [5.41, 5.74) is 1.86. The molecule has 1 unspecified atom stereocenters. The normalized spacial score (nSPS) is 17.6. The van der Waals surface area contributed by atoms with E-state index in [1.165, 1.54) is 12.1 Å². The van der Waals surface area contributed by atoms with E-state index in [9.17, 15) is 9.18 Å². The molecular weight excluding hydrogens is 337 g/mol. The number of aryl methyl sites for hydroxylation is 1. The summed E-state index contributed by atoms with van der Waals surface area (Å²) in [6.45, 7) is 0. The van der Waals surface area contributed by atoms with Crippen molar-refractivity contribution < 1.29 is 13.9 Å². The predicted octanol–water partition coefficient (Wildman–Crippen LogP) is 3.92. The Labute approximate surface area is 130 Å². The van der Waals surface area contributed by atoms with Gasteiger partial charge in [-0.15, -0.1) is 0 Å². The van der Waals surface area contributed by atoms with Crippen LogP contribution in [0, 0.1) is 5.82 Å². The van der Waals surface area contributed by atoms with E-state index in [1.54, 1.807) is 6.07 Å². The van der Waals surface area contributed by atoms with Crippen LogP contribution in [0.15, 0.2) is 46.9 Å². The van der Waals surface area contributed by atoms with Crippen LogP contribution in [0.3, 0.4) is 0 Å². The summed E-state index contributed by atoms with van der Waals surface area (Å²) in [5, 5.41) is 2.83. The Morgan fingerprint density at radius 1 is 1.24 bits per heavy atom. The van der Waals surface area contributed by atoms with Crippen LogP contribution in [-0.4, -0.2) is 12.0 Å². The van der Waals surface area contributed by atoms with Gasteiger partial charge in [-0.1, -0.05) is 34.1 Å². The van der Waals surface area contributed by atoms with Gasteiger partial charge in [0.1, 0.15) is 0 Å². The van der Waals surface area contributed by atoms with E-state index in [0.717, 1.165) is 11.3 Å². The van der Waals surface area contributed by atoms with Crippen molar-refractivity contribution in [2.24, 2.45) is 0 Å². The van der Waals surface area contributed by atoms with Gasteiger partial charge >= 0.3 is 0 Å². The van der Waals surface area contributed by atoms with E-state index < -0.39 is 11.9 Å². The molecule has 0 saturated carbocycles. The Morgan fingerprint density at radius 3 is 2.90 bits per heavy atom. The molecule has 1 atom stereocenters. The Hall–Kier alpha value is -1.88. The van der Waals surface area contributed by atoms with Crippen molar-refractivity contribution in [1.82, 2.24) is 0 Å². The molecule has 1 amide bonds. The van der Waals surface area contributed by atoms with E-state index >= 15 is 0 Å². The molecule has 0 fully saturated rings. The van der Waals surface area contributed by atoms with E-state index in [4.69, 9.17) is 4.74 Å². The zero-order valence-electron chi connectivity index (χ0n) is 11.1. The zero-order valence-corrected chi connectivity index (χ0v) is 12.7. The maximum Gasteiger partial charge on any atom is 0.265 e. The van der Waals surface area contributed by atoms with Gasteiger partial charge in [0.25, 0.3) is 5.91 Å². The van der Waals surface area contributed by atoms with E-state index in [2.05, 4.69) is 21.2 Å². The Bertz CT molecular complexity index is 690. The van der Waals surface area contributed by atoms with E-state index in [0.29, 0.717) is 17.3 Å². The first-order valence-electron chi connectivity index (χ1n) is 6.64. The summed E-state index contributed by atoms with van der Waals surface area (Å²) >= 11 is 3.27. The largest absolute Gasteiger partial charge is 0.477 e. The Balaban J connectivity index is 1.81. The lowest BCUT2D eigenvalue weighted by Gasteiger charge is -2.16. The number of para-hydroxylation sites is 1. The highest BCUT2D eigenvalue weighted by molar-refractivity contribution is 9.10. The van der Waals surface area contributed by atoms with Gasteiger partial charge in [-0.3, -0.25) is 4.79 Å². The molecule has 0 aliphatic carbocycles. The van der Waals surface area contributed by atoms with Crippen molar-refractivity contribution in [2.75, 3.05) is 5.32 Å². The quantitative estimate of drug-likeness (QED) is 0.892. The number of hydrogen-bond donors (Lipinski definition) is 1. The van der Waals surface area contributed by atoms with Crippen LogP contribution in [0.25, 0.3) is 0 Å². The number of amides is 1. The lowest BCUT2D eigenvalue weighted by molar-refractivity contribution is -0.122. The van der Waals surface area contributed by atoms with Crippen LogP contribution >= 0.6 is 15.9 Å². The first-order valence-corrected chi connectivity index (χ1v) is 7.43. The fraction of sp³-hybridized carbons (Fsp3) is 0.188. The highest BCUT2D eigenvalue weighted by Gasteiger charge is 2.26. The molecule has 0 radical (unpaired) electrons. The predicted molar refractivity (Wildman–Crippen MR) is 81.9 cm³/mol. The summed E-state index contributed by atoms with van der Waals surface area (Å²) in [5.74, 6) is -0.650. The van der Waals surface area contributed by atoms with Crippen molar-refractivity contribution in [3.05, 3.63) is 58.3 Å². The second kappa shape index (κ2) is 5.85. The second-order valence-corrected chi connectivity index (χ2v) is 5.78. The average Bonchev–Trinajstić information content (AvgIpc) is 2.62. The molecule has 0 spiro atoms. The number of ether oxygens (including phenoxy) is 1. The van der Waals surface area contributed by atoms with Gasteiger partial charge < -0.3 is 10.1 Å². The third-order valence-corrected chi connectivity index (χ3v) is 3.90. The van der Waals surface area contributed by atoms with Gasteiger partial charge in [-0.25, -0.2) is 4.39 Å². The van der Waals surface area contributed by atoms with E-state index in [-0.39, 0.29) is 11.7 Å². The van der Waals surface area contributed by atoms with E-state index in [1.807, 2.05) is 24.3 Å². The third-order valence-electron chi connectivity index (χ3n) is 3.41. The van der Waals surface area contributed by atoms with Crippen molar-refractivity contribution in [2.45, 2.75) is 18.9 Å². The number of nitrogens with one attached hydrogen (secondary N) is 1. The van der Waals surface area contributed by atoms with Crippen LogP contribution in [-0.2, 0) is 11.2 Å². The van der Waals surface area contributed by atoms with Crippen LogP contribution in [0.1, 0.15) is 12.0 Å². The molecule has 1 heterocycles. The molecule has 2 aromatic rings. The molecule has 3 rings (SSSR count). The Morgan fingerprint density at radius 2 is 2.05 bits per heavy atom. The number of hydrogen-bond acceptors (Lipinski definition) is 2. The van der Waals surface area contributed by atoms with Crippen molar-refractivity contribution >= 4 is 27.5 Å². The molecule has 1 aliphatic heterocycles. The topological polar surface area (TPSA) is 38.3 Å². The zero-order chi connectivity index (χ0) is 14.8. The smallest absolute Gasteiger partial charge is 0.265 e. The maximum atomic E-state index is 13.7. The number of benzene rings is 2. The highest BCUT2D eigenvalue weighted by Crippen LogP contribution is 2.27. The molecule has 5 heteroatoms. The maximum absolute atomic E-state index is 13.7. The van der Waals surface area contributed by atoms with Gasteiger partial charge in [0.2, 0.25) is 0 Å².